The van der Waals surface area contributed by atoms with Crippen molar-refractivity contribution in [2.45, 2.75) is 32.6 Å². The number of nitrogens with one attached hydrogen (secondary N) is 1. The van der Waals surface area contributed by atoms with Crippen molar-refractivity contribution in [3.05, 3.63) is 29.6 Å². The number of amides is 2. The lowest BCUT2D eigenvalue weighted by molar-refractivity contribution is -0.125. The first-order chi connectivity index (χ1) is 7.63. The Morgan fingerprint density at radius 1 is 1.56 bits per heavy atom. The number of hydrogen-bond acceptors (Lipinski definition) is 3. The van der Waals surface area contributed by atoms with Crippen LogP contribution in [-0.2, 0) is 9.59 Å². The van der Waals surface area contributed by atoms with Crippen LogP contribution in [0.5, 0.6) is 0 Å². The quantitative estimate of drug-likeness (QED) is 0.766. The topological polar surface area (TPSA) is 59.1 Å². The van der Waals surface area contributed by atoms with E-state index in [0.29, 0.717) is 19.3 Å². The maximum Gasteiger partial charge on any atom is 0.226 e. The second-order valence-corrected chi connectivity index (χ2v) is 3.89. The highest BCUT2D eigenvalue weighted by atomic mass is 16.2. The highest BCUT2D eigenvalue weighted by Gasteiger charge is 2.09. The van der Waals surface area contributed by atoms with Crippen molar-refractivity contribution in [3.63, 3.8) is 0 Å². The van der Waals surface area contributed by atoms with E-state index in [2.05, 4.69) is 10.3 Å². The molecule has 1 aromatic rings. The molecule has 0 aromatic carbocycles. The van der Waals surface area contributed by atoms with E-state index in [1.807, 2.05) is 32.2 Å². The van der Waals surface area contributed by atoms with Gasteiger partial charge >= 0.3 is 0 Å². The van der Waals surface area contributed by atoms with Gasteiger partial charge in [0.15, 0.2) is 0 Å². The maximum absolute atomic E-state index is 11.1. The van der Waals surface area contributed by atoms with Crippen molar-refractivity contribution >= 4 is 12.3 Å². The van der Waals surface area contributed by atoms with Crippen molar-refractivity contribution in [3.8, 4) is 0 Å². The second-order valence-electron chi connectivity index (χ2n) is 3.89. The van der Waals surface area contributed by atoms with E-state index >= 15 is 0 Å². The summed E-state index contributed by atoms with van der Waals surface area (Å²) in [6, 6.07) is 3.97. The number of nitrogens with zero attached hydrogens (tertiary/aromatic N) is 1. The van der Waals surface area contributed by atoms with Crippen LogP contribution in [0.25, 0.3) is 0 Å². The van der Waals surface area contributed by atoms with Crippen molar-refractivity contribution in [1.29, 1.82) is 0 Å². The third-order valence-corrected chi connectivity index (χ3v) is 2.46. The summed E-state index contributed by atoms with van der Waals surface area (Å²) in [4.78, 5) is 25.4. The van der Waals surface area contributed by atoms with Gasteiger partial charge in [-0.25, -0.2) is 0 Å². The normalized spacial score (nSPS) is 11.9. The third kappa shape index (κ3) is 3.81. The number of rotatable bonds is 5. The largest absolute Gasteiger partial charge is 0.299 e. The van der Waals surface area contributed by atoms with Gasteiger partial charge in [-0.2, -0.15) is 0 Å². The molecule has 4 nitrogen and oxygen atoms in total. The molecule has 1 atom stereocenters. The fourth-order valence-corrected chi connectivity index (χ4v) is 1.40. The predicted octanol–water partition coefficient (Wildman–Crippen LogP) is 1.55. The van der Waals surface area contributed by atoms with Gasteiger partial charge in [0.05, 0.1) is 0 Å². The van der Waals surface area contributed by atoms with Gasteiger partial charge in [0.2, 0.25) is 12.3 Å². The molecule has 0 radical (unpaired) electrons. The Balaban J connectivity index is 2.46. The Morgan fingerprint density at radius 2 is 2.31 bits per heavy atom. The van der Waals surface area contributed by atoms with Gasteiger partial charge in [0.25, 0.3) is 0 Å². The zero-order valence-corrected chi connectivity index (χ0v) is 9.56. The van der Waals surface area contributed by atoms with E-state index in [1.165, 1.54) is 0 Å². The zero-order chi connectivity index (χ0) is 12.0. The molecule has 0 saturated heterocycles. The Labute approximate surface area is 95.1 Å². The highest BCUT2D eigenvalue weighted by Crippen LogP contribution is 2.18. The minimum absolute atomic E-state index is 0.220. The highest BCUT2D eigenvalue weighted by molar-refractivity contribution is 5.85. The predicted molar refractivity (Wildman–Crippen MR) is 60.8 cm³/mol. The number of aromatic nitrogens is 1. The maximum atomic E-state index is 11.1. The summed E-state index contributed by atoms with van der Waals surface area (Å²) in [5.41, 5.74) is 2.10. The SMILES string of the molecule is Cc1ccc(C(C)CCC(=O)NC=O)nc1. The Morgan fingerprint density at radius 3 is 2.88 bits per heavy atom. The summed E-state index contributed by atoms with van der Waals surface area (Å²) in [5.74, 6) is -0.0213. The number of carbonyl (C=O) groups is 2. The third-order valence-electron chi connectivity index (χ3n) is 2.46. The molecular formula is C12H16N2O2. The molecule has 0 fully saturated rings. The molecule has 0 bridgehead atoms. The number of pyridine rings is 1. The van der Waals surface area contributed by atoms with Crippen LogP contribution in [0.3, 0.4) is 0 Å². The lowest BCUT2D eigenvalue weighted by atomic mass is 10.0. The number of aryl methyl sites for hydroxylation is 1. The van der Waals surface area contributed by atoms with Crippen molar-refractivity contribution < 1.29 is 9.59 Å². The van der Waals surface area contributed by atoms with Gasteiger partial charge in [-0.3, -0.25) is 19.9 Å². The van der Waals surface area contributed by atoms with Gasteiger partial charge in [-0.1, -0.05) is 13.0 Å². The van der Waals surface area contributed by atoms with Crippen molar-refractivity contribution in [2.75, 3.05) is 0 Å². The smallest absolute Gasteiger partial charge is 0.226 e. The Kier molecular flexibility index (Phi) is 4.64. The van der Waals surface area contributed by atoms with Crippen LogP contribution >= 0.6 is 0 Å². The van der Waals surface area contributed by atoms with Crippen LogP contribution in [0.15, 0.2) is 18.3 Å². The van der Waals surface area contributed by atoms with E-state index in [4.69, 9.17) is 0 Å². The van der Waals surface area contributed by atoms with Gasteiger partial charge in [0.1, 0.15) is 0 Å². The minimum atomic E-state index is -0.242. The van der Waals surface area contributed by atoms with E-state index in [0.717, 1.165) is 11.3 Å². The molecule has 1 rings (SSSR count). The molecule has 0 aliphatic carbocycles. The molecule has 1 heterocycles. The van der Waals surface area contributed by atoms with E-state index < -0.39 is 0 Å². The molecular weight excluding hydrogens is 204 g/mol. The Hall–Kier alpha value is -1.71. The molecule has 2 amide bonds. The van der Waals surface area contributed by atoms with Crippen LogP contribution in [0, 0.1) is 6.92 Å². The van der Waals surface area contributed by atoms with Crippen molar-refractivity contribution in [2.24, 2.45) is 0 Å². The van der Waals surface area contributed by atoms with Crippen molar-refractivity contribution in [1.82, 2.24) is 10.3 Å². The molecule has 1 unspecified atom stereocenters. The molecule has 0 spiro atoms. The zero-order valence-electron chi connectivity index (χ0n) is 9.56. The van der Waals surface area contributed by atoms with Gasteiger partial charge in [-0.05, 0) is 30.9 Å². The second kappa shape index (κ2) is 6.00. The van der Waals surface area contributed by atoms with Gasteiger partial charge < -0.3 is 0 Å². The average Bonchev–Trinajstić information content (AvgIpc) is 2.27. The molecule has 0 saturated carbocycles. The van der Waals surface area contributed by atoms with E-state index in [9.17, 15) is 9.59 Å². The summed E-state index contributed by atoms with van der Waals surface area (Å²) in [6.07, 6.45) is 3.26. The molecule has 86 valence electrons. The van der Waals surface area contributed by atoms with Crippen LogP contribution in [0.4, 0.5) is 0 Å². The minimum Gasteiger partial charge on any atom is -0.299 e. The molecule has 0 aliphatic rings. The summed E-state index contributed by atoms with van der Waals surface area (Å²) in [6.45, 7) is 4.00. The summed E-state index contributed by atoms with van der Waals surface area (Å²) in [5, 5.41) is 2.12. The number of imide groups is 1. The molecule has 1 N–H and O–H groups in total. The first kappa shape index (κ1) is 12.4. The molecule has 4 heteroatoms. The lowest BCUT2D eigenvalue weighted by Crippen LogP contribution is -2.21. The van der Waals surface area contributed by atoms with Crippen LogP contribution in [0.2, 0.25) is 0 Å². The standard InChI is InChI=1S/C12H16N2O2/c1-9-3-5-11(13-7-9)10(2)4-6-12(16)14-8-15/h3,5,7-8,10H,4,6H2,1-2H3,(H,14,15,16). The summed E-state index contributed by atoms with van der Waals surface area (Å²) >= 11 is 0. The Bertz CT molecular complexity index is 360. The first-order valence-corrected chi connectivity index (χ1v) is 5.29. The monoisotopic (exact) mass is 220 g/mol. The van der Waals surface area contributed by atoms with E-state index in [-0.39, 0.29) is 11.8 Å². The average molecular weight is 220 g/mol. The fourth-order valence-electron chi connectivity index (χ4n) is 1.40. The lowest BCUT2D eigenvalue weighted by Gasteiger charge is -2.09. The van der Waals surface area contributed by atoms with Gasteiger partial charge in [0, 0.05) is 18.3 Å². The fraction of sp³-hybridized carbons (Fsp3) is 0.417. The summed E-state index contributed by atoms with van der Waals surface area (Å²) < 4.78 is 0. The number of carbonyl (C=O) groups excluding carboxylic acids is 2. The molecule has 1 aromatic heterocycles. The number of hydrogen-bond donors (Lipinski definition) is 1. The summed E-state index contributed by atoms with van der Waals surface area (Å²) in [7, 11) is 0. The van der Waals surface area contributed by atoms with Crippen LogP contribution < -0.4 is 5.32 Å². The molecule has 0 aliphatic heterocycles. The van der Waals surface area contributed by atoms with Gasteiger partial charge in [-0.15, -0.1) is 0 Å². The first-order valence-electron chi connectivity index (χ1n) is 5.29. The van der Waals surface area contributed by atoms with Crippen LogP contribution in [-0.4, -0.2) is 17.3 Å². The van der Waals surface area contributed by atoms with E-state index in [1.54, 1.807) is 0 Å². The van der Waals surface area contributed by atoms with Crippen LogP contribution in [0.1, 0.15) is 36.9 Å². The molecule has 16 heavy (non-hydrogen) atoms.